The molecular weight excluding hydrogens is 335 g/mol. The Labute approximate surface area is 143 Å². The predicted molar refractivity (Wildman–Crippen MR) is 83.3 cm³/mol. The van der Waals surface area contributed by atoms with Gasteiger partial charge in [-0.05, 0) is 24.5 Å². The molecule has 1 N–H and O–H groups in total. The molecule has 4 nitrogen and oxygen atoms in total. The molecule has 1 atom stereocenters. The maximum absolute atomic E-state index is 13.1. The molecule has 1 saturated heterocycles. The third kappa shape index (κ3) is 3.29. The van der Waals surface area contributed by atoms with Crippen LogP contribution in [0.5, 0.6) is 0 Å². The van der Waals surface area contributed by atoms with Crippen molar-refractivity contribution < 1.29 is 27.9 Å². The van der Waals surface area contributed by atoms with Gasteiger partial charge in [0.15, 0.2) is 0 Å². The number of benzene rings is 1. The fraction of sp³-hybridized carbons (Fsp3) is 0.556. The highest BCUT2D eigenvalue weighted by Crippen LogP contribution is 2.46. The van der Waals surface area contributed by atoms with Gasteiger partial charge in [-0.25, -0.2) is 0 Å². The molecule has 1 aromatic carbocycles. The largest absolute Gasteiger partial charge is 0.416 e. The number of hydrogen-bond acceptors (Lipinski definition) is 3. The van der Waals surface area contributed by atoms with E-state index in [0.717, 1.165) is 30.2 Å². The molecule has 0 aromatic heterocycles. The lowest BCUT2D eigenvalue weighted by atomic mass is 9.73. The summed E-state index contributed by atoms with van der Waals surface area (Å²) in [5, 5.41) is 10.3. The fourth-order valence-corrected chi connectivity index (χ4v) is 3.98. The van der Waals surface area contributed by atoms with Gasteiger partial charge in [0.1, 0.15) is 0 Å². The molecule has 1 aliphatic heterocycles. The number of hydrogen-bond donors (Lipinski definition) is 1. The fourth-order valence-electron chi connectivity index (χ4n) is 3.98. The quantitative estimate of drug-likeness (QED) is 0.845. The van der Waals surface area contributed by atoms with E-state index in [1.807, 2.05) is 0 Å². The topological polar surface area (TPSA) is 57.6 Å². The maximum Gasteiger partial charge on any atom is 0.416 e. The summed E-state index contributed by atoms with van der Waals surface area (Å²) < 4.78 is 39.3. The second-order valence-electron chi connectivity index (χ2n) is 6.93. The van der Waals surface area contributed by atoms with Gasteiger partial charge < -0.3 is 5.11 Å². The molecule has 1 saturated carbocycles. The standard InChI is InChI=1S/C18H20F3NO3/c19-18(20,21)13-7-3-2-6-12(13)14(23)11-22-15(24)10-17(16(22)25)8-4-1-5-9-17/h2-3,6-7,14,23H,1,4-5,8-11H2/t14-/m1/s1. The van der Waals surface area contributed by atoms with Crippen molar-refractivity contribution in [3.05, 3.63) is 35.4 Å². The Balaban J connectivity index is 1.81. The Morgan fingerprint density at radius 3 is 2.40 bits per heavy atom. The second-order valence-corrected chi connectivity index (χ2v) is 6.93. The van der Waals surface area contributed by atoms with E-state index in [-0.39, 0.29) is 17.9 Å². The first-order chi connectivity index (χ1) is 11.7. The van der Waals surface area contributed by atoms with E-state index in [2.05, 4.69) is 0 Å². The van der Waals surface area contributed by atoms with Crippen LogP contribution in [0.4, 0.5) is 13.2 Å². The Morgan fingerprint density at radius 1 is 1.12 bits per heavy atom. The van der Waals surface area contributed by atoms with Crippen molar-refractivity contribution in [2.24, 2.45) is 5.41 Å². The summed E-state index contributed by atoms with van der Waals surface area (Å²) in [6.45, 7) is -0.438. The van der Waals surface area contributed by atoms with Gasteiger partial charge in [0.2, 0.25) is 11.8 Å². The highest BCUT2D eigenvalue weighted by atomic mass is 19.4. The third-order valence-corrected chi connectivity index (χ3v) is 5.28. The lowest BCUT2D eigenvalue weighted by Gasteiger charge is -2.31. The van der Waals surface area contributed by atoms with Crippen molar-refractivity contribution in [2.75, 3.05) is 6.54 Å². The summed E-state index contributed by atoms with van der Waals surface area (Å²) in [7, 11) is 0. The zero-order valence-corrected chi connectivity index (χ0v) is 13.7. The molecule has 2 amide bonds. The minimum atomic E-state index is -4.61. The molecule has 1 aliphatic carbocycles. The summed E-state index contributed by atoms with van der Waals surface area (Å²) in [5.74, 6) is -0.754. The molecule has 0 bridgehead atoms. The number of alkyl halides is 3. The number of imide groups is 1. The Bertz CT molecular complexity index is 680. The Morgan fingerprint density at radius 2 is 1.76 bits per heavy atom. The molecule has 1 heterocycles. The summed E-state index contributed by atoms with van der Waals surface area (Å²) in [5.41, 5.74) is -1.98. The molecule has 0 unspecified atom stereocenters. The lowest BCUT2D eigenvalue weighted by molar-refractivity contribution is -0.144. The SMILES string of the molecule is O=C1CC2(CCCCC2)C(=O)N1C[C@@H](O)c1ccccc1C(F)(F)F. The number of carbonyl (C=O) groups is 2. The van der Waals surface area contributed by atoms with E-state index in [4.69, 9.17) is 0 Å². The smallest absolute Gasteiger partial charge is 0.387 e. The van der Waals surface area contributed by atoms with E-state index in [1.165, 1.54) is 18.2 Å². The van der Waals surface area contributed by atoms with E-state index in [0.29, 0.717) is 12.8 Å². The molecule has 2 fully saturated rings. The van der Waals surface area contributed by atoms with Crippen molar-refractivity contribution in [1.29, 1.82) is 0 Å². The molecule has 3 rings (SSSR count). The van der Waals surface area contributed by atoms with Gasteiger partial charge in [-0.2, -0.15) is 13.2 Å². The molecular formula is C18H20F3NO3. The number of β-amino-alcohol motifs (C(OH)–C–C–N with tert-alkyl or cyclic N) is 1. The van der Waals surface area contributed by atoms with Gasteiger partial charge in [0.05, 0.1) is 23.6 Å². The molecule has 1 aromatic rings. The van der Waals surface area contributed by atoms with Crippen LogP contribution in [0.1, 0.15) is 55.8 Å². The van der Waals surface area contributed by atoms with Crippen LogP contribution in [0.15, 0.2) is 24.3 Å². The number of amides is 2. The molecule has 0 radical (unpaired) electrons. The van der Waals surface area contributed by atoms with E-state index < -0.39 is 35.7 Å². The summed E-state index contributed by atoms with van der Waals surface area (Å²) in [4.78, 5) is 25.9. The molecule has 136 valence electrons. The van der Waals surface area contributed by atoms with Crippen LogP contribution in [0.2, 0.25) is 0 Å². The predicted octanol–water partition coefficient (Wildman–Crippen LogP) is 3.45. The van der Waals surface area contributed by atoms with Crippen molar-refractivity contribution in [2.45, 2.75) is 50.8 Å². The Kier molecular flexibility index (Phi) is 4.62. The summed E-state index contributed by atoms with van der Waals surface area (Å²) in [6.07, 6.45) is -2.07. The number of halogens is 3. The zero-order chi connectivity index (χ0) is 18.2. The highest BCUT2D eigenvalue weighted by molar-refractivity contribution is 6.06. The van der Waals surface area contributed by atoms with Gasteiger partial charge >= 0.3 is 6.18 Å². The first kappa shape index (κ1) is 17.9. The molecule has 1 spiro atoms. The van der Waals surface area contributed by atoms with Crippen LogP contribution in [0.3, 0.4) is 0 Å². The number of aliphatic hydroxyl groups excluding tert-OH is 1. The van der Waals surface area contributed by atoms with Crippen molar-refractivity contribution in [1.82, 2.24) is 4.90 Å². The first-order valence-corrected chi connectivity index (χ1v) is 8.44. The monoisotopic (exact) mass is 355 g/mol. The minimum Gasteiger partial charge on any atom is -0.387 e. The van der Waals surface area contributed by atoms with E-state index in [1.54, 1.807) is 0 Å². The number of aliphatic hydroxyl groups is 1. The zero-order valence-electron chi connectivity index (χ0n) is 13.7. The van der Waals surface area contributed by atoms with E-state index >= 15 is 0 Å². The lowest BCUT2D eigenvalue weighted by Crippen LogP contribution is -2.39. The minimum absolute atomic E-state index is 0.0967. The van der Waals surface area contributed by atoms with Gasteiger partial charge in [-0.3, -0.25) is 14.5 Å². The number of carbonyl (C=O) groups excluding carboxylic acids is 2. The first-order valence-electron chi connectivity index (χ1n) is 8.44. The van der Waals surface area contributed by atoms with Crippen LogP contribution in [-0.2, 0) is 15.8 Å². The molecule has 25 heavy (non-hydrogen) atoms. The van der Waals surface area contributed by atoms with Gasteiger partial charge in [-0.1, -0.05) is 37.5 Å². The molecule has 2 aliphatic rings. The highest BCUT2D eigenvalue weighted by Gasteiger charge is 2.51. The third-order valence-electron chi connectivity index (χ3n) is 5.28. The van der Waals surface area contributed by atoms with Crippen LogP contribution in [-0.4, -0.2) is 28.4 Å². The van der Waals surface area contributed by atoms with Gasteiger partial charge in [-0.15, -0.1) is 0 Å². The number of rotatable bonds is 3. The van der Waals surface area contributed by atoms with Crippen LogP contribution in [0.25, 0.3) is 0 Å². The normalized spacial score (nSPS) is 21.8. The Hall–Kier alpha value is -1.89. The molecule has 7 heteroatoms. The van der Waals surface area contributed by atoms with Gasteiger partial charge in [0, 0.05) is 6.42 Å². The summed E-state index contributed by atoms with van der Waals surface area (Å²) in [6, 6.07) is 4.69. The summed E-state index contributed by atoms with van der Waals surface area (Å²) >= 11 is 0. The average Bonchev–Trinajstić information content (AvgIpc) is 2.79. The van der Waals surface area contributed by atoms with Crippen molar-refractivity contribution in [3.8, 4) is 0 Å². The van der Waals surface area contributed by atoms with Crippen LogP contribution in [0, 0.1) is 5.41 Å². The number of nitrogens with zero attached hydrogens (tertiary/aromatic N) is 1. The van der Waals surface area contributed by atoms with Crippen molar-refractivity contribution in [3.63, 3.8) is 0 Å². The number of likely N-dealkylation sites (tertiary alicyclic amines) is 1. The average molecular weight is 355 g/mol. The maximum atomic E-state index is 13.1. The van der Waals surface area contributed by atoms with Crippen LogP contribution >= 0.6 is 0 Å². The van der Waals surface area contributed by atoms with Gasteiger partial charge in [0.25, 0.3) is 0 Å². The second kappa shape index (κ2) is 6.44. The van der Waals surface area contributed by atoms with Crippen molar-refractivity contribution >= 4 is 11.8 Å². The van der Waals surface area contributed by atoms with E-state index in [9.17, 15) is 27.9 Å². The van der Waals surface area contributed by atoms with Crippen LogP contribution < -0.4 is 0 Å².